The molecule has 5 nitrogen and oxygen atoms in total. The number of benzene rings is 1. The van der Waals surface area contributed by atoms with Crippen LogP contribution in [-0.2, 0) is 14.3 Å². The van der Waals surface area contributed by atoms with E-state index in [4.69, 9.17) is 9.84 Å². The van der Waals surface area contributed by atoms with Crippen molar-refractivity contribution >= 4 is 17.6 Å². The van der Waals surface area contributed by atoms with Crippen molar-refractivity contribution in [2.24, 2.45) is 0 Å². The van der Waals surface area contributed by atoms with Gasteiger partial charge in [0.2, 0.25) is 0 Å². The summed E-state index contributed by atoms with van der Waals surface area (Å²) in [6.45, 7) is 4.94. The van der Waals surface area contributed by atoms with Gasteiger partial charge in [-0.1, -0.05) is 18.2 Å². The second-order valence-corrected chi connectivity index (χ2v) is 4.48. The number of carboxylic acid groups (broad SMARTS) is 1. The first-order chi connectivity index (χ1) is 8.93. The molecule has 1 N–H and O–H groups in total. The summed E-state index contributed by atoms with van der Waals surface area (Å²) in [7, 11) is 0. The number of carbonyl (C=O) groups excluding carboxylic acids is 1. The highest BCUT2D eigenvalue weighted by Crippen LogP contribution is 2.16. The van der Waals surface area contributed by atoms with Gasteiger partial charge in [0.1, 0.15) is 6.61 Å². The number of ether oxygens (including phenoxy) is 1. The molecule has 0 radical (unpaired) electrons. The number of amides is 1. The summed E-state index contributed by atoms with van der Waals surface area (Å²) in [5.74, 6) is -1.34. The standard InChI is InChI=1S/C14H19NO4/c1-10(2)15(12-7-5-4-6-8-12)13(16)9-19-11(3)14(17)18/h4-8,10-11H,9H2,1-3H3,(H,17,18)/t11-/m1/s1. The van der Waals surface area contributed by atoms with Crippen LogP contribution in [0.5, 0.6) is 0 Å². The lowest BCUT2D eigenvalue weighted by Gasteiger charge is -2.27. The van der Waals surface area contributed by atoms with Crippen molar-refractivity contribution in [3.8, 4) is 0 Å². The van der Waals surface area contributed by atoms with Crippen molar-refractivity contribution in [3.05, 3.63) is 30.3 Å². The first kappa shape index (κ1) is 15.2. The van der Waals surface area contributed by atoms with Gasteiger partial charge >= 0.3 is 5.97 Å². The first-order valence-corrected chi connectivity index (χ1v) is 6.15. The fraction of sp³-hybridized carbons (Fsp3) is 0.429. The second-order valence-electron chi connectivity index (χ2n) is 4.48. The zero-order valence-electron chi connectivity index (χ0n) is 11.4. The number of aliphatic carboxylic acids is 1. The molecule has 0 aliphatic carbocycles. The molecule has 1 atom stereocenters. The molecule has 0 unspecified atom stereocenters. The lowest BCUT2D eigenvalue weighted by Crippen LogP contribution is -2.40. The summed E-state index contributed by atoms with van der Waals surface area (Å²) in [5, 5.41) is 8.71. The van der Waals surface area contributed by atoms with Gasteiger partial charge in [0, 0.05) is 11.7 Å². The highest BCUT2D eigenvalue weighted by molar-refractivity contribution is 5.94. The van der Waals surface area contributed by atoms with Crippen LogP contribution in [0.25, 0.3) is 0 Å². The fourth-order valence-electron chi connectivity index (χ4n) is 1.66. The Morgan fingerprint density at radius 2 is 1.79 bits per heavy atom. The Kier molecular flexibility index (Phi) is 5.51. The SMILES string of the molecule is CC(C)N(C(=O)CO[C@H](C)C(=O)O)c1ccccc1. The van der Waals surface area contributed by atoms with Gasteiger partial charge in [-0.05, 0) is 32.9 Å². The monoisotopic (exact) mass is 265 g/mol. The number of hydrogen-bond donors (Lipinski definition) is 1. The quantitative estimate of drug-likeness (QED) is 0.853. The Bertz CT molecular complexity index is 430. The molecule has 0 aliphatic heterocycles. The normalized spacial score (nSPS) is 12.2. The van der Waals surface area contributed by atoms with Gasteiger partial charge in [0.05, 0.1) is 0 Å². The van der Waals surface area contributed by atoms with Gasteiger partial charge in [0.15, 0.2) is 6.10 Å². The molecule has 0 aromatic heterocycles. The number of carbonyl (C=O) groups is 2. The van der Waals surface area contributed by atoms with E-state index in [2.05, 4.69) is 0 Å². The maximum absolute atomic E-state index is 12.1. The smallest absolute Gasteiger partial charge is 0.332 e. The molecule has 0 bridgehead atoms. The van der Waals surface area contributed by atoms with Crippen molar-refractivity contribution in [1.29, 1.82) is 0 Å². The Morgan fingerprint density at radius 1 is 1.21 bits per heavy atom. The summed E-state index contributed by atoms with van der Waals surface area (Å²) < 4.78 is 5.03. The summed E-state index contributed by atoms with van der Waals surface area (Å²) >= 11 is 0. The van der Waals surface area contributed by atoms with Gasteiger partial charge in [-0.25, -0.2) is 4.79 Å². The topological polar surface area (TPSA) is 66.8 Å². The van der Waals surface area contributed by atoms with Crippen LogP contribution >= 0.6 is 0 Å². The van der Waals surface area contributed by atoms with Gasteiger partial charge < -0.3 is 14.7 Å². The van der Waals surface area contributed by atoms with E-state index in [1.54, 1.807) is 4.90 Å². The Balaban J connectivity index is 2.73. The van der Waals surface area contributed by atoms with Crippen molar-refractivity contribution < 1.29 is 19.4 Å². The van der Waals surface area contributed by atoms with E-state index < -0.39 is 12.1 Å². The largest absolute Gasteiger partial charge is 0.479 e. The molecule has 0 spiro atoms. The Morgan fingerprint density at radius 3 is 2.26 bits per heavy atom. The van der Waals surface area contributed by atoms with Crippen LogP contribution in [0.1, 0.15) is 20.8 Å². The van der Waals surface area contributed by atoms with Crippen LogP contribution in [0.2, 0.25) is 0 Å². The molecule has 0 aliphatic rings. The molecular formula is C14H19NO4. The van der Waals surface area contributed by atoms with Crippen LogP contribution in [0, 0.1) is 0 Å². The average Bonchev–Trinajstić information content (AvgIpc) is 2.36. The van der Waals surface area contributed by atoms with Gasteiger partial charge in [-0.3, -0.25) is 4.79 Å². The molecule has 0 saturated heterocycles. The van der Waals surface area contributed by atoms with Crippen LogP contribution in [-0.4, -0.2) is 35.7 Å². The number of rotatable bonds is 6. The summed E-state index contributed by atoms with van der Waals surface area (Å²) in [6.07, 6.45) is -0.992. The summed E-state index contributed by atoms with van der Waals surface area (Å²) in [6, 6.07) is 9.20. The van der Waals surface area contributed by atoms with E-state index in [0.29, 0.717) is 0 Å². The van der Waals surface area contributed by atoms with Crippen LogP contribution < -0.4 is 4.90 Å². The molecule has 1 rings (SSSR count). The predicted molar refractivity (Wildman–Crippen MR) is 72.1 cm³/mol. The van der Waals surface area contributed by atoms with Gasteiger partial charge in [0.25, 0.3) is 5.91 Å². The van der Waals surface area contributed by atoms with E-state index in [1.807, 2.05) is 44.2 Å². The molecular weight excluding hydrogens is 246 g/mol. The highest BCUT2D eigenvalue weighted by Gasteiger charge is 2.21. The van der Waals surface area contributed by atoms with Crippen molar-refractivity contribution in [3.63, 3.8) is 0 Å². The fourth-order valence-corrected chi connectivity index (χ4v) is 1.66. The zero-order chi connectivity index (χ0) is 14.4. The third kappa shape index (κ3) is 4.37. The summed E-state index contributed by atoms with van der Waals surface area (Å²) in [4.78, 5) is 24.3. The molecule has 1 aromatic carbocycles. The van der Waals surface area contributed by atoms with Crippen molar-refractivity contribution in [2.45, 2.75) is 32.9 Å². The molecule has 1 aromatic rings. The highest BCUT2D eigenvalue weighted by atomic mass is 16.5. The second kappa shape index (κ2) is 6.89. The van der Waals surface area contributed by atoms with Crippen molar-refractivity contribution in [1.82, 2.24) is 0 Å². The minimum absolute atomic E-state index is 0.0290. The van der Waals surface area contributed by atoms with E-state index in [-0.39, 0.29) is 18.6 Å². The van der Waals surface area contributed by atoms with Gasteiger partial charge in [-0.2, -0.15) is 0 Å². The number of hydrogen-bond acceptors (Lipinski definition) is 3. The predicted octanol–water partition coefficient (Wildman–Crippen LogP) is 1.92. The molecule has 0 heterocycles. The molecule has 104 valence electrons. The van der Waals surface area contributed by atoms with Crippen LogP contribution in [0.3, 0.4) is 0 Å². The number of carboxylic acids is 1. The lowest BCUT2D eigenvalue weighted by atomic mass is 10.2. The lowest BCUT2D eigenvalue weighted by molar-refractivity contribution is -0.150. The molecule has 1 amide bonds. The van der Waals surface area contributed by atoms with E-state index in [9.17, 15) is 9.59 Å². The molecule has 5 heteroatoms. The summed E-state index contributed by atoms with van der Waals surface area (Å²) in [5.41, 5.74) is 0.772. The molecule has 19 heavy (non-hydrogen) atoms. The minimum atomic E-state index is -1.08. The third-order valence-electron chi connectivity index (χ3n) is 2.62. The van der Waals surface area contributed by atoms with E-state index >= 15 is 0 Å². The first-order valence-electron chi connectivity index (χ1n) is 6.15. The average molecular weight is 265 g/mol. The molecule has 0 saturated carbocycles. The van der Waals surface area contributed by atoms with E-state index in [0.717, 1.165) is 5.69 Å². The van der Waals surface area contributed by atoms with E-state index in [1.165, 1.54) is 6.92 Å². The number of nitrogens with zero attached hydrogens (tertiary/aromatic N) is 1. The van der Waals surface area contributed by atoms with Gasteiger partial charge in [-0.15, -0.1) is 0 Å². The maximum Gasteiger partial charge on any atom is 0.332 e. The number of para-hydroxylation sites is 1. The van der Waals surface area contributed by atoms with Crippen molar-refractivity contribution in [2.75, 3.05) is 11.5 Å². The third-order valence-corrected chi connectivity index (χ3v) is 2.62. The number of anilines is 1. The molecule has 0 fully saturated rings. The zero-order valence-corrected chi connectivity index (χ0v) is 11.4. The van der Waals surface area contributed by atoms with Crippen LogP contribution in [0.15, 0.2) is 30.3 Å². The minimum Gasteiger partial charge on any atom is -0.479 e. The Labute approximate surface area is 112 Å². The Hall–Kier alpha value is -1.88. The van der Waals surface area contributed by atoms with Crippen LogP contribution in [0.4, 0.5) is 5.69 Å². The maximum atomic E-state index is 12.1.